The molecule has 0 spiro atoms. The highest BCUT2D eigenvalue weighted by molar-refractivity contribution is 8.00. The smallest absolute Gasteiger partial charge is 0.235 e. The topological polar surface area (TPSA) is 66.8 Å². The van der Waals surface area contributed by atoms with Gasteiger partial charge in [0.25, 0.3) is 0 Å². The number of H-pyrrole nitrogens is 1. The second-order valence-electron chi connectivity index (χ2n) is 7.80. The van der Waals surface area contributed by atoms with Gasteiger partial charge in [0.05, 0.1) is 5.25 Å². The van der Waals surface area contributed by atoms with Crippen molar-refractivity contribution in [2.24, 2.45) is 0 Å². The Morgan fingerprint density at radius 2 is 1.96 bits per heavy atom. The van der Waals surface area contributed by atoms with Gasteiger partial charge in [0, 0.05) is 41.8 Å². The van der Waals surface area contributed by atoms with Crippen molar-refractivity contribution in [1.29, 1.82) is 0 Å². The Labute approximate surface area is 168 Å². The van der Waals surface area contributed by atoms with Crippen LogP contribution in [-0.4, -0.2) is 48.9 Å². The van der Waals surface area contributed by atoms with Gasteiger partial charge in [-0.1, -0.05) is 30.0 Å². The minimum Gasteiger partial charge on any atom is -0.360 e. The van der Waals surface area contributed by atoms with Gasteiger partial charge >= 0.3 is 0 Å². The third kappa shape index (κ3) is 3.21. The van der Waals surface area contributed by atoms with Crippen LogP contribution < -0.4 is 0 Å². The molecule has 0 unspecified atom stereocenters. The zero-order valence-electron chi connectivity index (χ0n) is 16.1. The van der Waals surface area contributed by atoms with E-state index in [9.17, 15) is 4.79 Å². The van der Waals surface area contributed by atoms with E-state index >= 15 is 0 Å². The minimum absolute atomic E-state index is 0.143. The summed E-state index contributed by atoms with van der Waals surface area (Å²) in [6, 6.07) is 8.71. The number of rotatable bonds is 5. The summed E-state index contributed by atoms with van der Waals surface area (Å²) in [5.74, 6) is 1.13. The largest absolute Gasteiger partial charge is 0.360 e. The monoisotopic (exact) mass is 395 g/mol. The second kappa shape index (κ2) is 7.28. The number of hydrogen-bond donors (Lipinski definition) is 1. The highest BCUT2D eigenvalue weighted by Gasteiger charge is 2.33. The molecule has 28 heavy (non-hydrogen) atoms. The predicted molar refractivity (Wildman–Crippen MR) is 111 cm³/mol. The third-order valence-corrected chi connectivity index (χ3v) is 6.75. The molecule has 1 amide bonds. The van der Waals surface area contributed by atoms with Crippen LogP contribution in [-0.2, 0) is 4.79 Å². The lowest BCUT2D eigenvalue weighted by Crippen LogP contribution is -2.40. The molecule has 1 aliphatic heterocycles. The van der Waals surface area contributed by atoms with Crippen LogP contribution in [0.15, 0.2) is 35.6 Å². The fourth-order valence-electron chi connectivity index (χ4n) is 4.04. The summed E-state index contributed by atoms with van der Waals surface area (Å²) >= 11 is 1.55. The van der Waals surface area contributed by atoms with Gasteiger partial charge in [-0.15, -0.1) is 10.2 Å². The van der Waals surface area contributed by atoms with Crippen LogP contribution in [0.25, 0.3) is 22.3 Å². The molecule has 1 atom stereocenters. The summed E-state index contributed by atoms with van der Waals surface area (Å²) in [5.41, 5.74) is 2.18. The van der Waals surface area contributed by atoms with Gasteiger partial charge in [-0.2, -0.15) is 0 Å². The van der Waals surface area contributed by atoms with E-state index in [0.29, 0.717) is 6.04 Å². The molecule has 1 saturated carbocycles. The molecule has 2 aromatic heterocycles. The average Bonchev–Trinajstić information content (AvgIpc) is 3.35. The van der Waals surface area contributed by atoms with Crippen LogP contribution in [0.5, 0.6) is 0 Å². The molecule has 1 aromatic carbocycles. The molecule has 1 aliphatic carbocycles. The van der Waals surface area contributed by atoms with Gasteiger partial charge < -0.3 is 9.88 Å². The zero-order valence-corrected chi connectivity index (χ0v) is 16.9. The molecule has 2 aliphatic rings. The maximum atomic E-state index is 12.9. The van der Waals surface area contributed by atoms with Crippen LogP contribution in [0, 0.1) is 0 Å². The third-order valence-electron chi connectivity index (χ3n) is 5.70. The van der Waals surface area contributed by atoms with E-state index in [1.165, 1.54) is 6.42 Å². The molecular weight excluding hydrogens is 370 g/mol. The number of aromatic amines is 1. The number of nitrogens with zero attached hydrogens (tertiary/aromatic N) is 4. The maximum absolute atomic E-state index is 12.9. The normalized spacial score (nSPS) is 18.5. The predicted octanol–water partition coefficient (Wildman–Crippen LogP) is 4.25. The van der Waals surface area contributed by atoms with Gasteiger partial charge in [0.15, 0.2) is 11.0 Å². The van der Waals surface area contributed by atoms with E-state index in [2.05, 4.69) is 31.9 Å². The van der Waals surface area contributed by atoms with Crippen LogP contribution in [0.3, 0.4) is 0 Å². The summed E-state index contributed by atoms with van der Waals surface area (Å²) in [4.78, 5) is 18.2. The van der Waals surface area contributed by atoms with Gasteiger partial charge in [-0.25, -0.2) is 0 Å². The van der Waals surface area contributed by atoms with E-state index in [-0.39, 0.29) is 11.2 Å². The number of carbonyl (C=O) groups is 1. The van der Waals surface area contributed by atoms with E-state index in [1.807, 2.05) is 30.2 Å². The highest BCUT2D eigenvalue weighted by Crippen LogP contribution is 2.43. The number of piperidine rings is 1. The van der Waals surface area contributed by atoms with Crippen molar-refractivity contribution in [3.8, 4) is 11.4 Å². The first-order valence-corrected chi connectivity index (χ1v) is 11.1. The number of amides is 1. The molecule has 3 heterocycles. The average molecular weight is 396 g/mol. The number of thioether (sulfide) groups is 1. The quantitative estimate of drug-likeness (QED) is 0.656. The number of fused-ring (bicyclic) bond motifs is 1. The first-order valence-electron chi connectivity index (χ1n) is 10.2. The summed E-state index contributed by atoms with van der Waals surface area (Å²) in [6.07, 6.45) is 7.78. The van der Waals surface area contributed by atoms with Gasteiger partial charge in [0.1, 0.15) is 0 Å². The summed E-state index contributed by atoms with van der Waals surface area (Å²) < 4.78 is 2.25. The molecule has 3 aromatic rings. The van der Waals surface area contributed by atoms with Gasteiger partial charge in [-0.3, -0.25) is 9.36 Å². The van der Waals surface area contributed by atoms with Crippen molar-refractivity contribution in [2.45, 2.75) is 55.5 Å². The molecule has 2 fully saturated rings. The lowest BCUT2D eigenvalue weighted by atomic mass is 10.1. The molecule has 0 bridgehead atoms. The molecule has 5 rings (SSSR count). The Morgan fingerprint density at radius 1 is 1.18 bits per heavy atom. The fraction of sp³-hybridized carbons (Fsp3) is 0.476. The Hall–Kier alpha value is -2.28. The van der Waals surface area contributed by atoms with Crippen molar-refractivity contribution in [3.63, 3.8) is 0 Å². The summed E-state index contributed by atoms with van der Waals surface area (Å²) in [7, 11) is 0. The molecule has 0 radical (unpaired) electrons. The molecular formula is C21H25N5OS. The van der Waals surface area contributed by atoms with Crippen LogP contribution in [0.2, 0.25) is 0 Å². The van der Waals surface area contributed by atoms with Crippen molar-refractivity contribution in [1.82, 2.24) is 24.6 Å². The first-order chi connectivity index (χ1) is 13.7. The van der Waals surface area contributed by atoms with Crippen molar-refractivity contribution in [2.75, 3.05) is 13.1 Å². The van der Waals surface area contributed by atoms with Crippen molar-refractivity contribution < 1.29 is 4.79 Å². The molecule has 1 N–H and O–H groups in total. The number of para-hydroxylation sites is 1. The van der Waals surface area contributed by atoms with Crippen molar-refractivity contribution in [3.05, 3.63) is 30.5 Å². The van der Waals surface area contributed by atoms with Crippen LogP contribution in [0.1, 0.15) is 45.1 Å². The lowest BCUT2D eigenvalue weighted by molar-refractivity contribution is -0.131. The Morgan fingerprint density at radius 3 is 2.75 bits per heavy atom. The Bertz CT molecular complexity index is 999. The molecule has 146 valence electrons. The summed E-state index contributed by atoms with van der Waals surface area (Å²) in [6.45, 7) is 3.78. The number of likely N-dealkylation sites (tertiary alicyclic amines) is 1. The standard InChI is InChI=1S/C21H25N5OS/c1-14(20(27)25-11-5-2-6-12-25)28-21-24-23-19(26(21)15-9-10-15)17-13-22-18-8-4-3-7-16(17)18/h3-4,7-8,13-15,22H,2,5-6,9-12H2,1H3/t14-/m0/s1. The second-order valence-corrected chi connectivity index (χ2v) is 9.11. The Kier molecular flexibility index (Phi) is 4.62. The van der Waals surface area contributed by atoms with E-state index in [4.69, 9.17) is 0 Å². The SMILES string of the molecule is C[C@H](Sc1nnc(-c2c[nH]c3ccccc23)n1C1CC1)C(=O)N1CCCCC1. The fourth-order valence-corrected chi connectivity index (χ4v) is 5.04. The van der Waals surface area contributed by atoms with E-state index < -0.39 is 0 Å². The number of hydrogen-bond acceptors (Lipinski definition) is 4. The minimum atomic E-state index is -0.143. The number of nitrogens with one attached hydrogen (secondary N) is 1. The van der Waals surface area contributed by atoms with Crippen molar-refractivity contribution >= 4 is 28.6 Å². The van der Waals surface area contributed by atoms with E-state index in [1.54, 1.807) is 11.8 Å². The van der Waals surface area contributed by atoms with Gasteiger partial charge in [-0.05, 0) is 45.1 Å². The first kappa shape index (κ1) is 17.8. The molecule has 1 saturated heterocycles. The number of aromatic nitrogens is 4. The van der Waals surface area contributed by atoms with E-state index in [0.717, 1.165) is 66.2 Å². The maximum Gasteiger partial charge on any atom is 0.235 e. The summed E-state index contributed by atoms with van der Waals surface area (Å²) in [5, 5.41) is 10.9. The highest BCUT2D eigenvalue weighted by atomic mass is 32.2. The Balaban J connectivity index is 1.44. The lowest BCUT2D eigenvalue weighted by Gasteiger charge is -2.28. The molecule has 6 nitrogen and oxygen atoms in total. The molecule has 7 heteroatoms. The number of benzene rings is 1. The number of carbonyl (C=O) groups excluding carboxylic acids is 1. The van der Waals surface area contributed by atoms with Crippen LogP contribution in [0.4, 0.5) is 0 Å². The van der Waals surface area contributed by atoms with Gasteiger partial charge in [0.2, 0.25) is 5.91 Å². The zero-order chi connectivity index (χ0) is 19.1. The van der Waals surface area contributed by atoms with Crippen LogP contribution >= 0.6 is 11.8 Å².